The third-order valence-electron chi connectivity index (χ3n) is 3.19. The summed E-state index contributed by atoms with van der Waals surface area (Å²) in [6.07, 6.45) is 4.38. The van der Waals surface area contributed by atoms with Crippen molar-refractivity contribution in [3.63, 3.8) is 0 Å². The van der Waals surface area contributed by atoms with Crippen LogP contribution in [0.4, 0.5) is 5.95 Å². The zero-order valence-electron chi connectivity index (χ0n) is 9.82. The van der Waals surface area contributed by atoms with Crippen LogP contribution < -0.4 is 5.32 Å². The van der Waals surface area contributed by atoms with Gasteiger partial charge in [0, 0.05) is 12.5 Å². The van der Waals surface area contributed by atoms with Crippen molar-refractivity contribution < 1.29 is 0 Å². The fraction of sp³-hybridized carbons (Fsp3) is 0.818. The molecule has 0 bridgehead atoms. The van der Waals surface area contributed by atoms with E-state index in [4.69, 9.17) is 0 Å². The molecule has 0 fully saturated rings. The first-order chi connectivity index (χ1) is 7.28. The van der Waals surface area contributed by atoms with Gasteiger partial charge >= 0.3 is 0 Å². The van der Waals surface area contributed by atoms with Crippen molar-refractivity contribution in [1.29, 1.82) is 0 Å². The van der Waals surface area contributed by atoms with E-state index in [0.29, 0.717) is 12.1 Å². The number of anilines is 1. The van der Waals surface area contributed by atoms with Crippen LogP contribution in [-0.4, -0.2) is 20.8 Å². The molecule has 84 valence electrons. The average molecular weight is 208 g/mol. The molecule has 0 radical (unpaired) electrons. The molecule has 1 aliphatic rings. The molecule has 2 atom stereocenters. The van der Waals surface area contributed by atoms with Crippen molar-refractivity contribution in [2.24, 2.45) is 0 Å². The van der Waals surface area contributed by atoms with E-state index in [1.807, 2.05) is 0 Å². The van der Waals surface area contributed by atoms with Crippen molar-refractivity contribution in [2.45, 2.75) is 58.5 Å². The van der Waals surface area contributed by atoms with E-state index in [-0.39, 0.29) is 0 Å². The molecule has 0 saturated heterocycles. The minimum atomic E-state index is 0.527. The van der Waals surface area contributed by atoms with Gasteiger partial charge in [0.2, 0.25) is 5.95 Å². The van der Waals surface area contributed by atoms with Crippen LogP contribution >= 0.6 is 0 Å². The van der Waals surface area contributed by atoms with Crippen molar-refractivity contribution in [3.8, 4) is 0 Å². The summed E-state index contributed by atoms with van der Waals surface area (Å²) in [6, 6.07) is 1.09. The van der Waals surface area contributed by atoms with Crippen LogP contribution in [0.2, 0.25) is 0 Å². The lowest BCUT2D eigenvalue weighted by Gasteiger charge is -2.29. The van der Waals surface area contributed by atoms with E-state index >= 15 is 0 Å². The number of nitrogens with zero attached hydrogens (tertiary/aromatic N) is 3. The van der Waals surface area contributed by atoms with Gasteiger partial charge in [0.05, 0.1) is 6.04 Å². The Morgan fingerprint density at radius 3 is 2.73 bits per heavy atom. The Bertz CT molecular complexity index is 331. The SMILES string of the molecule is CCc1nc2n(n1)C(CC)CC(CC)N2. The molecule has 0 aliphatic carbocycles. The van der Waals surface area contributed by atoms with Gasteiger partial charge in [-0.15, -0.1) is 0 Å². The van der Waals surface area contributed by atoms with Gasteiger partial charge in [-0.1, -0.05) is 20.8 Å². The molecular weight excluding hydrogens is 188 g/mol. The summed E-state index contributed by atoms with van der Waals surface area (Å²) in [6.45, 7) is 6.54. The highest BCUT2D eigenvalue weighted by atomic mass is 15.4. The topological polar surface area (TPSA) is 42.7 Å². The maximum atomic E-state index is 4.53. The average Bonchev–Trinajstić information content (AvgIpc) is 2.70. The van der Waals surface area contributed by atoms with Gasteiger partial charge < -0.3 is 5.32 Å². The van der Waals surface area contributed by atoms with Crippen LogP contribution in [0.15, 0.2) is 0 Å². The van der Waals surface area contributed by atoms with Crippen LogP contribution in [0.25, 0.3) is 0 Å². The number of rotatable bonds is 3. The third kappa shape index (κ3) is 1.85. The largest absolute Gasteiger partial charge is 0.352 e. The predicted octanol–water partition coefficient (Wildman–Crippen LogP) is 2.39. The van der Waals surface area contributed by atoms with E-state index in [0.717, 1.165) is 31.0 Å². The van der Waals surface area contributed by atoms with Gasteiger partial charge in [0.1, 0.15) is 0 Å². The second-order valence-corrected chi connectivity index (χ2v) is 4.20. The van der Waals surface area contributed by atoms with Crippen LogP contribution in [0, 0.1) is 0 Å². The second kappa shape index (κ2) is 4.21. The second-order valence-electron chi connectivity index (χ2n) is 4.20. The first-order valence-electron chi connectivity index (χ1n) is 6.00. The maximum absolute atomic E-state index is 4.53. The Morgan fingerprint density at radius 2 is 2.13 bits per heavy atom. The summed E-state index contributed by atoms with van der Waals surface area (Å²) < 4.78 is 2.07. The molecule has 4 heteroatoms. The molecule has 2 rings (SSSR count). The Kier molecular flexibility index (Phi) is 2.93. The predicted molar refractivity (Wildman–Crippen MR) is 61.0 cm³/mol. The van der Waals surface area contributed by atoms with E-state index < -0.39 is 0 Å². The molecule has 1 aromatic heterocycles. The van der Waals surface area contributed by atoms with Gasteiger partial charge in [-0.2, -0.15) is 10.1 Å². The summed E-state index contributed by atoms with van der Waals surface area (Å²) in [4.78, 5) is 4.51. The van der Waals surface area contributed by atoms with Crippen LogP contribution in [0.1, 0.15) is 51.9 Å². The van der Waals surface area contributed by atoms with Crippen molar-refractivity contribution in [3.05, 3.63) is 5.82 Å². The first-order valence-corrected chi connectivity index (χ1v) is 6.00. The van der Waals surface area contributed by atoms with Crippen LogP contribution in [0.5, 0.6) is 0 Å². The monoisotopic (exact) mass is 208 g/mol. The van der Waals surface area contributed by atoms with E-state index in [9.17, 15) is 0 Å². The fourth-order valence-corrected chi connectivity index (χ4v) is 2.15. The molecule has 0 amide bonds. The normalized spacial score (nSPS) is 24.7. The highest BCUT2D eigenvalue weighted by Crippen LogP contribution is 2.28. The van der Waals surface area contributed by atoms with Gasteiger partial charge in [0.15, 0.2) is 5.82 Å². The summed E-state index contributed by atoms with van der Waals surface area (Å²) in [7, 11) is 0. The molecule has 2 heterocycles. The number of aromatic nitrogens is 3. The molecule has 1 N–H and O–H groups in total. The lowest BCUT2D eigenvalue weighted by molar-refractivity contribution is 0.360. The first kappa shape index (κ1) is 10.5. The summed E-state index contributed by atoms with van der Waals surface area (Å²) in [5, 5.41) is 7.99. The summed E-state index contributed by atoms with van der Waals surface area (Å²) >= 11 is 0. The zero-order chi connectivity index (χ0) is 10.8. The van der Waals surface area contributed by atoms with Gasteiger partial charge in [0.25, 0.3) is 0 Å². The molecule has 15 heavy (non-hydrogen) atoms. The molecule has 1 aromatic rings. The van der Waals surface area contributed by atoms with Crippen molar-refractivity contribution in [1.82, 2.24) is 14.8 Å². The Labute approximate surface area is 91.1 Å². The van der Waals surface area contributed by atoms with E-state index in [2.05, 4.69) is 40.9 Å². The number of hydrogen-bond donors (Lipinski definition) is 1. The Hall–Kier alpha value is -1.06. The number of fused-ring (bicyclic) bond motifs is 1. The van der Waals surface area contributed by atoms with Gasteiger partial charge in [-0.05, 0) is 19.3 Å². The minimum Gasteiger partial charge on any atom is -0.352 e. The lowest BCUT2D eigenvalue weighted by atomic mass is 10.0. The molecular formula is C11H20N4. The van der Waals surface area contributed by atoms with Crippen LogP contribution in [-0.2, 0) is 6.42 Å². The zero-order valence-corrected chi connectivity index (χ0v) is 9.82. The van der Waals surface area contributed by atoms with E-state index in [1.54, 1.807) is 0 Å². The highest BCUT2D eigenvalue weighted by molar-refractivity contribution is 5.30. The molecule has 1 aliphatic heterocycles. The lowest BCUT2D eigenvalue weighted by Crippen LogP contribution is -2.31. The smallest absolute Gasteiger partial charge is 0.221 e. The molecule has 2 unspecified atom stereocenters. The Morgan fingerprint density at radius 1 is 1.33 bits per heavy atom. The molecule has 4 nitrogen and oxygen atoms in total. The molecule has 0 aromatic carbocycles. The highest BCUT2D eigenvalue weighted by Gasteiger charge is 2.26. The minimum absolute atomic E-state index is 0.527. The molecule has 0 saturated carbocycles. The number of nitrogens with one attached hydrogen (secondary N) is 1. The Balaban J connectivity index is 2.29. The van der Waals surface area contributed by atoms with Gasteiger partial charge in [-0.3, -0.25) is 0 Å². The number of hydrogen-bond acceptors (Lipinski definition) is 3. The standard InChI is InChI=1S/C11H20N4/c1-4-8-7-9(5-2)15-11(12-8)13-10(6-3)14-15/h8-9H,4-7H2,1-3H3,(H,12,13,14). The quantitative estimate of drug-likeness (QED) is 0.829. The maximum Gasteiger partial charge on any atom is 0.221 e. The summed E-state index contributed by atoms with van der Waals surface area (Å²) in [5.74, 6) is 1.92. The number of aryl methyl sites for hydroxylation is 1. The van der Waals surface area contributed by atoms with Crippen molar-refractivity contribution >= 4 is 5.95 Å². The van der Waals surface area contributed by atoms with Crippen LogP contribution in [0.3, 0.4) is 0 Å². The third-order valence-corrected chi connectivity index (χ3v) is 3.19. The fourth-order valence-electron chi connectivity index (χ4n) is 2.15. The van der Waals surface area contributed by atoms with Crippen molar-refractivity contribution in [2.75, 3.05) is 5.32 Å². The van der Waals surface area contributed by atoms with Gasteiger partial charge in [-0.25, -0.2) is 4.68 Å². The van der Waals surface area contributed by atoms with E-state index in [1.165, 1.54) is 6.42 Å². The summed E-state index contributed by atoms with van der Waals surface area (Å²) in [5.41, 5.74) is 0. The molecule has 0 spiro atoms.